The molecule has 0 N–H and O–H groups in total. The molecule has 0 amide bonds. The number of Topliss-reactive ketones (excluding diaryl/α,β-unsaturated/α-hetero) is 1. The van der Waals surface area contributed by atoms with Gasteiger partial charge < -0.3 is 0 Å². The van der Waals surface area contributed by atoms with E-state index in [1.54, 1.807) is 6.07 Å². The van der Waals surface area contributed by atoms with E-state index in [0.717, 1.165) is 10.9 Å². The summed E-state index contributed by atoms with van der Waals surface area (Å²) in [5, 5.41) is 0. The Bertz CT molecular complexity index is 444. The third kappa shape index (κ3) is 1.61. The number of benzene rings is 1. The van der Waals surface area contributed by atoms with Crippen LogP contribution in [0, 0.1) is 11.2 Å². The number of hydrogen-bond donors (Lipinski definition) is 0. The monoisotopic (exact) mass is 284 g/mol. The number of hydrogen-bond acceptors (Lipinski definition) is 1. The highest BCUT2D eigenvalue weighted by Gasteiger charge is 2.50. The summed E-state index contributed by atoms with van der Waals surface area (Å²) in [5.41, 5.74) is 0.307. The van der Waals surface area contributed by atoms with Gasteiger partial charge >= 0.3 is 0 Å². The molecule has 0 aromatic heterocycles. The summed E-state index contributed by atoms with van der Waals surface area (Å²) >= 11 is 3.24. The zero-order chi connectivity index (χ0) is 11.9. The second-order valence-corrected chi connectivity index (χ2v) is 5.53. The Morgan fingerprint density at radius 2 is 2.25 bits per heavy atom. The van der Waals surface area contributed by atoms with Gasteiger partial charge in [0.2, 0.25) is 0 Å². The van der Waals surface area contributed by atoms with Crippen molar-refractivity contribution in [2.45, 2.75) is 32.6 Å². The first-order valence-electron chi connectivity index (χ1n) is 5.47. The molecule has 16 heavy (non-hydrogen) atoms. The van der Waals surface area contributed by atoms with Crippen LogP contribution in [0.5, 0.6) is 0 Å². The van der Waals surface area contributed by atoms with Crippen molar-refractivity contribution in [3.05, 3.63) is 34.1 Å². The number of ketones is 1. The van der Waals surface area contributed by atoms with Crippen LogP contribution < -0.4 is 0 Å². The van der Waals surface area contributed by atoms with Crippen molar-refractivity contribution < 1.29 is 9.18 Å². The molecule has 1 aromatic rings. The molecule has 2 rings (SSSR count). The van der Waals surface area contributed by atoms with Gasteiger partial charge in [-0.3, -0.25) is 4.79 Å². The highest BCUT2D eigenvalue weighted by atomic mass is 79.9. The number of rotatable bonds is 2. The van der Waals surface area contributed by atoms with E-state index in [2.05, 4.69) is 15.9 Å². The van der Waals surface area contributed by atoms with Gasteiger partial charge in [0.1, 0.15) is 11.6 Å². The molecular formula is C13H14BrFO. The molecule has 0 heterocycles. The van der Waals surface area contributed by atoms with Crippen molar-refractivity contribution in [3.63, 3.8) is 0 Å². The van der Waals surface area contributed by atoms with Crippen LogP contribution in [0.2, 0.25) is 0 Å². The smallest absolute Gasteiger partial charge is 0.140 e. The predicted molar refractivity (Wildman–Crippen MR) is 64.9 cm³/mol. The summed E-state index contributed by atoms with van der Waals surface area (Å²) in [4.78, 5) is 11.6. The first-order valence-corrected chi connectivity index (χ1v) is 6.26. The maximum absolute atomic E-state index is 13.8. The average Bonchev–Trinajstić information content (AvgIpc) is 2.26. The van der Waals surface area contributed by atoms with Crippen LogP contribution in [0.4, 0.5) is 4.39 Å². The average molecular weight is 285 g/mol. The zero-order valence-corrected chi connectivity index (χ0v) is 11.0. The molecule has 2 unspecified atom stereocenters. The molecule has 1 aliphatic rings. The van der Waals surface area contributed by atoms with Crippen LogP contribution in [-0.4, -0.2) is 5.78 Å². The quantitative estimate of drug-likeness (QED) is 0.800. The van der Waals surface area contributed by atoms with Crippen molar-refractivity contribution in [1.29, 1.82) is 0 Å². The Morgan fingerprint density at radius 1 is 1.56 bits per heavy atom. The van der Waals surface area contributed by atoms with Gasteiger partial charge in [0.05, 0.1) is 0 Å². The van der Waals surface area contributed by atoms with Crippen LogP contribution >= 0.6 is 15.9 Å². The van der Waals surface area contributed by atoms with Gasteiger partial charge in [-0.05, 0) is 24.1 Å². The number of halogens is 2. The van der Waals surface area contributed by atoms with Crippen molar-refractivity contribution in [1.82, 2.24) is 0 Å². The lowest BCUT2D eigenvalue weighted by atomic mass is 9.56. The standard InChI is InChI=1S/C13H14BrFO/c1-3-13(2)10(7-12(13)16)9-5-4-8(14)6-11(9)15/h4-6,10H,3,7H2,1-2H3. The lowest BCUT2D eigenvalue weighted by Crippen LogP contribution is -2.45. The molecule has 0 saturated heterocycles. The number of carbonyl (C=O) groups is 1. The van der Waals surface area contributed by atoms with Gasteiger partial charge in [0.15, 0.2) is 0 Å². The molecular weight excluding hydrogens is 271 g/mol. The van der Waals surface area contributed by atoms with Gasteiger partial charge in [-0.25, -0.2) is 4.39 Å². The van der Waals surface area contributed by atoms with E-state index in [-0.39, 0.29) is 22.9 Å². The molecule has 3 heteroatoms. The highest BCUT2D eigenvalue weighted by Crippen LogP contribution is 2.52. The summed E-state index contributed by atoms with van der Waals surface area (Å²) in [7, 11) is 0. The van der Waals surface area contributed by atoms with Crippen molar-refractivity contribution >= 4 is 21.7 Å². The van der Waals surface area contributed by atoms with E-state index in [1.165, 1.54) is 6.07 Å². The first kappa shape index (κ1) is 11.8. The summed E-state index contributed by atoms with van der Waals surface area (Å²) in [6, 6.07) is 5.08. The third-order valence-corrected chi connectivity index (χ3v) is 4.36. The summed E-state index contributed by atoms with van der Waals surface area (Å²) in [6.07, 6.45) is 1.24. The molecule has 1 fully saturated rings. The van der Waals surface area contributed by atoms with Crippen LogP contribution in [0.15, 0.2) is 22.7 Å². The van der Waals surface area contributed by atoms with Crippen LogP contribution in [0.3, 0.4) is 0 Å². The molecule has 0 bridgehead atoms. The Hall–Kier alpha value is -0.700. The minimum Gasteiger partial charge on any atom is -0.299 e. The van der Waals surface area contributed by atoms with Crippen LogP contribution in [0.1, 0.15) is 38.2 Å². The first-order chi connectivity index (χ1) is 7.49. The van der Waals surface area contributed by atoms with E-state index in [1.807, 2.05) is 19.9 Å². The largest absolute Gasteiger partial charge is 0.299 e. The summed E-state index contributed by atoms with van der Waals surface area (Å²) < 4.78 is 14.5. The van der Waals surface area contributed by atoms with Crippen molar-refractivity contribution in [3.8, 4) is 0 Å². The van der Waals surface area contributed by atoms with Crippen LogP contribution in [0.25, 0.3) is 0 Å². The zero-order valence-electron chi connectivity index (χ0n) is 9.39. The van der Waals surface area contributed by atoms with Gasteiger partial charge in [0.25, 0.3) is 0 Å². The van der Waals surface area contributed by atoms with E-state index in [9.17, 15) is 9.18 Å². The van der Waals surface area contributed by atoms with Crippen molar-refractivity contribution in [2.75, 3.05) is 0 Å². The Kier molecular flexibility index (Phi) is 2.91. The van der Waals surface area contributed by atoms with Crippen LogP contribution in [-0.2, 0) is 4.79 Å². The molecule has 2 atom stereocenters. The van der Waals surface area contributed by atoms with Gasteiger partial charge in [-0.1, -0.05) is 35.8 Å². The Balaban J connectivity index is 2.36. The molecule has 1 saturated carbocycles. The molecule has 1 aromatic carbocycles. The van der Waals surface area contributed by atoms with Crippen molar-refractivity contribution in [2.24, 2.45) is 5.41 Å². The van der Waals surface area contributed by atoms with Gasteiger partial charge in [-0.2, -0.15) is 0 Å². The van der Waals surface area contributed by atoms with Gasteiger partial charge in [0, 0.05) is 22.2 Å². The molecule has 86 valence electrons. The molecule has 0 aliphatic heterocycles. The second-order valence-electron chi connectivity index (χ2n) is 4.62. The number of carbonyl (C=O) groups excluding carboxylic acids is 1. The molecule has 1 nitrogen and oxygen atoms in total. The maximum Gasteiger partial charge on any atom is 0.140 e. The predicted octanol–water partition coefficient (Wildman–Crippen LogP) is 4.06. The second kappa shape index (κ2) is 3.95. The topological polar surface area (TPSA) is 17.1 Å². The fourth-order valence-electron chi connectivity index (χ4n) is 2.39. The summed E-state index contributed by atoms with van der Waals surface area (Å²) in [5.74, 6) is 0.0759. The lowest BCUT2D eigenvalue weighted by molar-refractivity contribution is -0.139. The van der Waals surface area contributed by atoms with E-state index < -0.39 is 0 Å². The third-order valence-electron chi connectivity index (χ3n) is 3.87. The minimum absolute atomic E-state index is 0.0399. The van der Waals surface area contributed by atoms with E-state index in [0.29, 0.717) is 12.0 Å². The summed E-state index contributed by atoms with van der Waals surface area (Å²) in [6.45, 7) is 3.92. The van der Waals surface area contributed by atoms with Gasteiger partial charge in [-0.15, -0.1) is 0 Å². The molecule has 0 radical (unpaired) electrons. The molecule has 0 spiro atoms. The fourth-order valence-corrected chi connectivity index (χ4v) is 2.72. The van der Waals surface area contributed by atoms with E-state index in [4.69, 9.17) is 0 Å². The lowest BCUT2D eigenvalue weighted by Gasteiger charge is -2.45. The fraction of sp³-hybridized carbons (Fsp3) is 0.462. The SMILES string of the molecule is CCC1(C)C(=O)CC1c1ccc(Br)cc1F. The Morgan fingerprint density at radius 3 is 2.75 bits per heavy atom. The highest BCUT2D eigenvalue weighted by molar-refractivity contribution is 9.10. The Labute approximate surface area is 103 Å². The van der Waals surface area contributed by atoms with E-state index >= 15 is 0 Å². The maximum atomic E-state index is 13.8. The minimum atomic E-state index is -0.366. The normalized spacial score (nSPS) is 29.0. The molecule has 1 aliphatic carbocycles.